The zero-order valence-corrected chi connectivity index (χ0v) is 21.9. The minimum atomic E-state index is -4.78. The average molecular weight is 562 g/mol. The number of rotatable bonds is 7. The molecule has 2 aromatic heterocycles. The minimum Gasteiger partial charge on any atom is -0.406 e. The third-order valence-corrected chi connectivity index (χ3v) is 7.54. The molecule has 14 heteroatoms. The molecule has 4 aromatic rings. The second-order valence-electron chi connectivity index (χ2n) is 9.15. The zero-order valence-electron chi connectivity index (χ0n) is 21.1. The molecule has 3 heterocycles. The predicted molar refractivity (Wildman–Crippen MR) is 141 cm³/mol. The van der Waals surface area contributed by atoms with Crippen molar-refractivity contribution in [3.05, 3.63) is 42.0 Å². The van der Waals surface area contributed by atoms with Crippen LogP contribution >= 0.6 is 11.3 Å². The average Bonchev–Trinajstić information content (AvgIpc) is 3.45. The van der Waals surface area contributed by atoms with Crippen LogP contribution in [0.25, 0.3) is 21.3 Å². The number of hydrogen-bond donors (Lipinski definition) is 3. The molecule has 1 fully saturated rings. The fourth-order valence-corrected chi connectivity index (χ4v) is 5.38. The van der Waals surface area contributed by atoms with E-state index in [-0.39, 0.29) is 24.1 Å². The molecule has 0 aliphatic carbocycles. The van der Waals surface area contributed by atoms with E-state index >= 15 is 0 Å². The Balaban J connectivity index is 1.25. The summed E-state index contributed by atoms with van der Waals surface area (Å²) in [7, 11) is 3.70. The van der Waals surface area contributed by atoms with Crippen LogP contribution in [0.4, 0.5) is 24.3 Å². The van der Waals surface area contributed by atoms with Gasteiger partial charge in [-0.05, 0) is 50.2 Å². The van der Waals surface area contributed by atoms with Gasteiger partial charge < -0.3 is 30.2 Å². The van der Waals surface area contributed by atoms with Gasteiger partial charge in [-0.15, -0.1) is 13.2 Å². The van der Waals surface area contributed by atoms with Crippen molar-refractivity contribution in [2.45, 2.75) is 25.2 Å². The van der Waals surface area contributed by atoms with Crippen molar-refractivity contribution in [1.29, 1.82) is 0 Å². The lowest BCUT2D eigenvalue weighted by atomic mass is 10.1. The number of fused-ring (bicyclic) bond motifs is 2. The number of nitrogens with one attached hydrogen (secondary N) is 3. The Morgan fingerprint density at radius 2 is 1.87 bits per heavy atom. The third kappa shape index (κ3) is 6.06. The summed E-state index contributed by atoms with van der Waals surface area (Å²) in [6, 6.07) is 9.40. The molecule has 1 aliphatic rings. The van der Waals surface area contributed by atoms with Crippen LogP contribution in [0.5, 0.6) is 5.75 Å². The molecule has 39 heavy (non-hydrogen) atoms. The number of nitrogens with zero attached hydrogens (tertiary/aromatic N) is 4. The van der Waals surface area contributed by atoms with Crippen molar-refractivity contribution >= 4 is 55.5 Å². The number of carbonyl (C=O) groups excluding carboxylic acids is 2. The van der Waals surface area contributed by atoms with Gasteiger partial charge in [-0.3, -0.25) is 9.59 Å². The summed E-state index contributed by atoms with van der Waals surface area (Å²) in [6.07, 6.45) is -3.01. The van der Waals surface area contributed by atoms with Gasteiger partial charge in [0.1, 0.15) is 5.75 Å². The molecule has 0 saturated carbocycles. The van der Waals surface area contributed by atoms with Gasteiger partial charge in [0.05, 0.1) is 27.8 Å². The number of carbonyl (C=O) groups is 2. The van der Waals surface area contributed by atoms with E-state index in [1.54, 1.807) is 34.7 Å². The molecule has 1 saturated heterocycles. The van der Waals surface area contributed by atoms with E-state index in [1.807, 2.05) is 7.05 Å². The minimum absolute atomic E-state index is 0.0799. The molecule has 2 amide bonds. The van der Waals surface area contributed by atoms with Crippen LogP contribution in [0.15, 0.2) is 36.4 Å². The fraction of sp³-hybridized carbons (Fsp3) is 0.360. The molecule has 10 nitrogen and oxygen atoms in total. The molecule has 5 rings (SSSR count). The molecule has 206 valence electrons. The number of thiazole rings is 1. The Labute approximate surface area is 225 Å². The fourth-order valence-electron chi connectivity index (χ4n) is 4.49. The highest BCUT2D eigenvalue weighted by Crippen LogP contribution is 2.33. The number of benzene rings is 2. The van der Waals surface area contributed by atoms with Crippen molar-refractivity contribution in [2.24, 2.45) is 7.05 Å². The molecule has 0 radical (unpaired) electrons. The van der Waals surface area contributed by atoms with Crippen molar-refractivity contribution < 1.29 is 27.5 Å². The van der Waals surface area contributed by atoms with Crippen LogP contribution in [0, 0.1) is 0 Å². The van der Waals surface area contributed by atoms with Gasteiger partial charge in [0.15, 0.2) is 5.13 Å². The highest BCUT2D eigenvalue weighted by Gasteiger charge is 2.31. The number of ether oxygens (including phenoxy) is 1. The number of amides is 2. The summed E-state index contributed by atoms with van der Waals surface area (Å²) in [5.41, 5.74) is 2.18. The summed E-state index contributed by atoms with van der Waals surface area (Å²) in [4.78, 5) is 36.0. The standard InChI is InChI=1S/C25H26F3N7O3S/c1-29-15-7-9-35(10-8-15)21(36)13-30-22(37)14-3-6-19-18(11-14)31-23(34(19)2)33-24-32-17-5-4-16(12-20(17)39-24)38-25(26,27)28/h3-6,11-12,15,29H,7-10,13H2,1-2H3,(H,30,37)(H,31,32,33). The van der Waals surface area contributed by atoms with Crippen LogP contribution in [0.1, 0.15) is 23.2 Å². The lowest BCUT2D eigenvalue weighted by Gasteiger charge is -2.31. The lowest BCUT2D eigenvalue weighted by Crippen LogP contribution is -2.47. The van der Waals surface area contributed by atoms with E-state index in [4.69, 9.17) is 0 Å². The second-order valence-corrected chi connectivity index (χ2v) is 10.2. The molecule has 0 atom stereocenters. The smallest absolute Gasteiger partial charge is 0.406 e. The second kappa shape index (κ2) is 10.7. The molecule has 0 bridgehead atoms. The van der Waals surface area contributed by atoms with Gasteiger partial charge in [0, 0.05) is 37.8 Å². The molecule has 1 aliphatic heterocycles. The quantitative estimate of drug-likeness (QED) is 0.315. The summed E-state index contributed by atoms with van der Waals surface area (Å²) in [5, 5.41) is 9.44. The van der Waals surface area contributed by atoms with E-state index in [2.05, 4.69) is 30.7 Å². The summed E-state index contributed by atoms with van der Waals surface area (Å²) >= 11 is 1.15. The maximum atomic E-state index is 12.7. The first-order valence-electron chi connectivity index (χ1n) is 12.2. The van der Waals surface area contributed by atoms with Crippen molar-refractivity contribution in [1.82, 2.24) is 30.1 Å². The summed E-state index contributed by atoms with van der Waals surface area (Å²) < 4.78 is 43.9. The van der Waals surface area contributed by atoms with E-state index in [0.717, 1.165) is 29.7 Å². The molecule has 2 aromatic carbocycles. The molecule has 0 unspecified atom stereocenters. The SMILES string of the molecule is CNC1CCN(C(=O)CNC(=O)c2ccc3c(c2)nc(Nc2nc4ccc(OC(F)(F)F)cc4s2)n3C)CC1. The molecule has 3 N–H and O–H groups in total. The Bertz CT molecular complexity index is 1530. The summed E-state index contributed by atoms with van der Waals surface area (Å²) in [5.74, 6) is -0.373. The maximum absolute atomic E-state index is 12.7. The number of imidazole rings is 1. The predicted octanol–water partition coefficient (Wildman–Crippen LogP) is 3.77. The van der Waals surface area contributed by atoms with Crippen molar-refractivity contribution in [2.75, 3.05) is 32.0 Å². The Morgan fingerprint density at radius 1 is 1.10 bits per heavy atom. The van der Waals surface area contributed by atoms with Crippen LogP contribution < -0.4 is 20.7 Å². The monoisotopic (exact) mass is 561 g/mol. The largest absolute Gasteiger partial charge is 0.573 e. The first kappa shape index (κ1) is 26.7. The van der Waals surface area contributed by atoms with Gasteiger partial charge >= 0.3 is 6.36 Å². The van der Waals surface area contributed by atoms with Crippen molar-refractivity contribution in [3.8, 4) is 5.75 Å². The maximum Gasteiger partial charge on any atom is 0.573 e. The Morgan fingerprint density at radius 3 is 2.59 bits per heavy atom. The normalized spacial score (nSPS) is 14.6. The number of hydrogen-bond acceptors (Lipinski definition) is 8. The molecule has 0 spiro atoms. The summed E-state index contributed by atoms with van der Waals surface area (Å²) in [6.45, 7) is 1.24. The van der Waals surface area contributed by atoms with E-state index in [1.165, 1.54) is 18.2 Å². The number of likely N-dealkylation sites (tertiary alicyclic amines) is 1. The number of aromatic nitrogens is 3. The van der Waals surface area contributed by atoms with E-state index < -0.39 is 6.36 Å². The van der Waals surface area contributed by atoms with Gasteiger partial charge in [0.25, 0.3) is 5.91 Å². The van der Waals surface area contributed by atoms with Crippen LogP contribution in [0.2, 0.25) is 0 Å². The van der Waals surface area contributed by atoms with Gasteiger partial charge in [-0.2, -0.15) is 0 Å². The zero-order chi connectivity index (χ0) is 27.7. The first-order chi connectivity index (χ1) is 18.6. The van der Waals surface area contributed by atoms with E-state index in [0.29, 0.717) is 51.5 Å². The lowest BCUT2D eigenvalue weighted by molar-refractivity contribution is -0.274. The van der Waals surface area contributed by atoms with Gasteiger partial charge in [-0.1, -0.05) is 11.3 Å². The van der Waals surface area contributed by atoms with Crippen LogP contribution in [-0.2, 0) is 11.8 Å². The van der Waals surface area contributed by atoms with E-state index in [9.17, 15) is 22.8 Å². The number of anilines is 2. The number of aryl methyl sites for hydroxylation is 1. The first-order valence-corrected chi connectivity index (χ1v) is 13.0. The topological polar surface area (TPSA) is 113 Å². The Hall–Kier alpha value is -3.91. The van der Waals surface area contributed by atoms with Crippen LogP contribution in [-0.4, -0.2) is 70.3 Å². The third-order valence-electron chi connectivity index (χ3n) is 6.61. The van der Waals surface area contributed by atoms with Crippen LogP contribution in [0.3, 0.4) is 0 Å². The van der Waals surface area contributed by atoms with Gasteiger partial charge in [0.2, 0.25) is 11.9 Å². The highest BCUT2D eigenvalue weighted by atomic mass is 32.1. The van der Waals surface area contributed by atoms with Crippen molar-refractivity contribution in [3.63, 3.8) is 0 Å². The Kier molecular flexibility index (Phi) is 7.32. The highest BCUT2D eigenvalue weighted by molar-refractivity contribution is 7.22. The molecular formula is C25H26F3N7O3S. The molecular weight excluding hydrogens is 535 g/mol. The van der Waals surface area contributed by atoms with Gasteiger partial charge in [-0.25, -0.2) is 9.97 Å². The number of piperidine rings is 1. The number of alkyl halides is 3. The number of halogens is 3.